The van der Waals surface area contributed by atoms with Crippen LogP contribution in [0.3, 0.4) is 0 Å². The van der Waals surface area contributed by atoms with Gasteiger partial charge in [-0.05, 0) is 19.1 Å². The van der Waals surface area contributed by atoms with E-state index in [1.165, 1.54) is 0 Å². The summed E-state index contributed by atoms with van der Waals surface area (Å²) in [5.74, 6) is 1.22. The molecule has 0 unspecified atom stereocenters. The smallest absolute Gasteiger partial charge is 0.124 e. The quantitative estimate of drug-likeness (QED) is 0.744. The van der Waals surface area contributed by atoms with Gasteiger partial charge < -0.3 is 9.67 Å². The Labute approximate surface area is 82.7 Å². The Bertz CT molecular complexity index is 460. The fourth-order valence-corrected chi connectivity index (χ4v) is 1.44. The van der Waals surface area contributed by atoms with Gasteiger partial charge in [0.15, 0.2) is 0 Å². The molecule has 1 heterocycles. The van der Waals surface area contributed by atoms with Gasteiger partial charge in [0.05, 0.1) is 11.9 Å². The molecule has 0 radical (unpaired) electrons. The van der Waals surface area contributed by atoms with Crippen LogP contribution in [0.1, 0.15) is 5.82 Å². The molecule has 0 saturated carbocycles. The van der Waals surface area contributed by atoms with E-state index in [0.29, 0.717) is 0 Å². The number of benzene rings is 1. The number of phenolic OH excluding ortho intramolecular Hbond substituents is 1. The van der Waals surface area contributed by atoms with E-state index < -0.39 is 0 Å². The fourth-order valence-electron chi connectivity index (χ4n) is 1.44. The molecule has 72 valence electrons. The topological polar surface area (TPSA) is 38.1 Å². The molecule has 0 amide bonds. The van der Waals surface area contributed by atoms with Crippen molar-refractivity contribution in [1.82, 2.24) is 9.55 Å². The van der Waals surface area contributed by atoms with Crippen molar-refractivity contribution in [2.45, 2.75) is 6.92 Å². The van der Waals surface area contributed by atoms with Crippen LogP contribution in [0.4, 0.5) is 0 Å². The molecule has 0 atom stereocenters. The SMILES string of the molecule is Cc1ncc(-c2ccccc2O)n1C. The second-order valence-corrected chi connectivity index (χ2v) is 3.27. The Morgan fingerprint density at radius 1 is 1.29 bits per heavy atom. The number of rotatable bonds is 1. The lowest BCUT2D eigenvalue weighted by molar-refractivity contribution is 0.477. The Morgan fingerprint density at radius 2 is 2.00 bits per heavy atom. The van der Waals surface area contributed by atoms with Crippen molar-refractivity contribution in [3.05, 3.63) is 36.3 Å². The van der Waals surface area contributed by atoms with Gasteiger partial charge >= 0.3 is 0 Å². The summed E-state index contributed by atoms with van der Waals surface area (Å²) in [6.07, 6.45) is 1.77. The minimum atomic E-state index is 0.288. The van der Waals surface area contributed by atoms with Crippen molar-refractivity contribution >= 4 is 0 Å². The molecule has 0 aliphatic heterocycles. The van der Waals surface area contributed by atoms with E-state index in [1.807, 2.05) is 36.7 Å². The average molecular weight is 188 g/mol. The molecular weight excluding hydrogens is 176 g/mol. The Hall–Kier alpha value is -1.77. The first-order valence-electron chi connectivity index (χ1n) is 4.47. The first-order valence-corrected chi connectivity index (χ1v) is 4.47. The molecule has 0 aliphatic carbocycles. The highest BCUT2D eigenvalue weighted by Gasteiger charge is 2.08. The summed E-state index contributed by atoms with van der Waals surface area (Å²) in [5.41, 5.74) is 1.75. The number of aromatic hydroxyl groups is 1. The zero-order chi connectivity index (χ0) is 10.1. The lowest BCUT2D eigenvalue weighted by Gasteiger charge is -2.05. The van der Waals surface area contributed by atoms with Crippen molar-refractivity contribution in [3.8, 4) is 17.0 Å². The number of para-hydroxylation sites is 1. The van der Waals surface area contributed by atoms with Crippen molar-refractivity contribution in [3.63, 3.8) is 0 Å². The Kier molecular flexibility index (Phi) is 2.00. The molecule has 1 aromatic carbocycles. The minimum Gasteiger partial charge on any atom is -0.507 e. The van der Waals surface area contributed by atoms with E-state index in [0.717, 1.165) is 17.1 Å². The third kappa shape index (κ3) is 1.27. The highest BCUT2D eigenvalue weighted by molar-refractivity contribution is 5.66. The van der Waals surface area contributed by atoms with Crippen LogP contribution in [0.5, 0.6) is 5.75 Å². The summed E-state index contributed by atoms with van der Waals surface area (Å²) < 4.78 is 1.95. The molecule has 0 fully saturated rings. The maximum Gasteiger partial charge on any atom is 0.124 e. The average Bonchev–Trinajstić information content (AvgIpc) is 2.49. The number of aryl methyl sites for hydroxylation is 1. The summed E-state index contributed by atoms with van der Waals surface area (Å²) >= 11 is 0. The molecule has 3 nitrogen and oxygen atoms in total. The zero-order valence-corrected chi connectivity index (χ0v) is 8.23. The summed E-state index contributed by atoms with van der Waals surface area (Å²) in [6, 6.07) is 7.27. The van der Waals surface area contributed by atoms with E-state index in [1.54, 1.807) is 12.3 Å². The van der Waals surface area contributed by atoms with E-state index in [2.05, 4.69) is 4.98 Å². The van der Waals surface area contributed by atoms with Gasteiger partial charge in [-0.25, -0.2) is 4.98 Å². The van der Waals surface area contributed by atoms with Gasteiger partial charge in [0, 0.05) is 12.6 Å². The zero-order valence-electron chi connectivity index (χ0n) is 8.23. The van der Waals surface area contributed by atoms with Crippen molar-refractivity contribution in [2.75, 3.05) is 0 Å². The van der Waals surface area contributed by atoms with Gasteiger partial charge in [0.25, 0.3) is 0 Å². The first-order chi connectivity index (χ1) is 6.70. The van der Waals surface area contributed by atoms with Crippen molar-refractivity contribution in [2.24, 2.45) is 7.05 Å². The molecule has 0 bridgehead atoms. The first kappa shape index (κ1) is 8.81. The normalized spacial score (nSPS) is 10.4. The molecule has 3 heteroatoms. The lowest BCUT2D eigenvalue weighted by atomic mass is 10.1. The molecule has 2 aromatic rings. The second kappa shape index (κ2) is 3.18. The van der Waals surface area contributed by atoms with Crippen molar-refractivity contribution < 1.29 is 5.11 Å². The van der Waals surface area contributed by atoms with Crippen LogP contribution >= 0.6 is 0 Å². The molecule has 1 aromatic heterocycles. The molecule has 1 N–H and O–H groups in total. The lowest BCUT2D eigenvalue weighted by Crippen LogP contribution is -1.94. The maximum atomic E-state index is 9.66. The van der Waals surface area contributed by atoms with E-state index >= 15 is 0 Å². The second-order valence-electron chi connectivity index (χ2n) is 3.27. The van der Waals surface area contributed by atoms with Gasteiger partial charge in [-0.1, -0.05) is 12.1 Å². The number of hydrogen-bond donors (Lipinski definition) is 1. The van der Waals surface area contributed by atoms with Crippen LogP contribution < -0.4 is 0 Å². The standard InChI is InChI=1S/C11H12N2O/c1-8-12-7-10(13(8)2)9-5-3-4-6-11(9)14/h3-7,14H,1-2H3. The predicted octanol–water partition coefficient (Wildman–Crippen LogP) is 2.10. The minimum absolute atomic E-state index is 0.288. The predicted molar refractivity (Wildman–Crippen MR) is 55.0 cm³/mol. The third-order valence-corrected chi connectivity index (χ3v) is 2.40. The fraction of sp³-hybridized carbons (Fsp3) is 0.182. The Balaban J connectivity index is 2.60. The van der Waals surface area contributed by atoms with Gasteiger partial charge in [0.2, 0.25) is 0 Å². The van der Waals surface area contributed by atoms with Crippen LogP contribution in [0.25, 0.3) is 11.3 Å². The van der Waals surface area contributed by atoms with E-state index in [4.69, 9.17) is 0 Å². The molecule has 0 aliphatic rings. The number of nitrogens with zero attached hydrogens (tertiary/aromatic N) is 2. The number of phenols is 1. The van der Waals surface area contributed by atoms with Crippen LogP contribution in [0.15, 0.2) is 30.5 Å². The van der Waals surface area contributed by atoms with Gasteiger partial charge in [-0.3, -0.25) is 0 Å². The van der Waals surface area contributed by atoms with Crippen LogP contribution in [-0.2, 0) is 7.05 Å². The molecule has 0 spiro atoms. The van der Waals surface area contributed by atoms with Crippen LogP contribution in [-0.4, -0.2) is 14.7 Å². The summed E-state index contributed by atoms with van der Waals surface area (Å²) in [4.78, 5) is 4.19. The molecular formula is C11H12N2O. The molecule has 2 rings (SSSR count). The largest absolute Gasteiger partial charge is 0.507 e. The van der Waals surface area contributed by atoms with E-state index in [9.17, 15) is 5.11 Å². The highest BCUT2D eigenvalue weighted by atomic mass is 16.3. The molecule has 14 heavy (non-hydrogen) atoms. The van der Waals surface area contributed by atoms with Crippen molar-refractivity contribution in [1.29, 1.82) is 0 Å². The van der Waals surface area contributed by atoms with Gasteiger partial charge in [0.1, 0.15) is 11.6 Å². The number of hydrogen-bond acceptors (Lipinski definition) is 2. The highest BCUT2D eigenvalue weighted by Crippen LogP contribution is 2.28. The van der Waals surface area contributed by atoms with Gasteiger partial charge in [-0.15, -0.1) is 0 Å². The number of imidazole rings is 1. The maximum absolute atomic E-state index is 9.66. The van der Waals surface area contributed by atoms with Crippen LogP contribution in [0, 0.1) is 6.92 Å². The number of aromatic nitrogens is 2. The summed E-state index contributed by atoms with van der Waals surface area (Å²) in [7, 11) is 1.93. The molecule has 0 saturated heterocycles. The monoisotopic (exact) mass is 188 g/mol. The summed E-state index contributed by atoms with van der Waals surface area (Å²) in [5, 5.41) is 9.66. The van der Waals surface area contributed by atoms with Gasteiger partial charge in [-0.2, -0.15) is 0 Å². The third-order valence-electron chi connectivity index (χ3n) is 2.40. The van der Waals surface area contributed by atoms with E-state index in [-0.39, 0.29) is 5.75 Å². The van der Waals surface area contributed by atoms with Crippen LogP contribution in [0.2, 0.25) is 0 Å². The Morgan fingerprint density at radius 3 is 2.57 bits per heavy atom. The summed E-state index contributed by atoms with van der Waals surface area (Å²) in [6.45, 7) is 1.93.